The van der Waals surface area contributed by atoms with Crippen LogP contribution in [0.1, 0.15) is 19.3 Å². The second-order valence-electron chi connectivity index (χ2n) is 4.15. The molecule has 1 saturated heterocycles. The first-order chi connectivity index (χ1) is 7.77. The number of carbonyl (C=O) groups excluding carboxylic acids is 1. The molecule has 1 rings (SSSR count). The molecular formula is C11H25Cl2N3O2. The first-order valence-corrected chi connectivity index (χ1v) is 6.01. The van der Waals surface area contributed by atoms with E-state index in [2.05, 4.69) is 10.2 Å². The standard InChI is InChI=1S/C11H23N3O2.2ClH/c1-16-10(9-12)11(15)13-5-8-14-6-3-2-4-7-14;;/h10H,2-9,12H2,1H3,(H,13,15);2*1H. The van der Waals surface area contributed by atoms with Gasteiger partial charge in [-0.3, -0.25) is 4.79 Å². The molecule has 1 unspecified atom stereocenters. The second-order valence-corrected chi connectivity index (χ2v) is 4.15. The molecule has 0 bridgehead atoms. The summed E-state index contributed by atoms with van der Waals surface area (Å²) in [6, 6.07) is 0. The van der Waals surface area contributed by atoms with Crippen LogP contribution in [0.5, 0.6) is 0 Å². The Bertz CT molecular complexity index is 210. The molecule has 18 heavy (non-hydrogen) atoms. The molecule has 5 nitrogen and oxygen atoms in total. The number of carbonyl (C=O) groups is 1. The molecule has 0 aromatic carbocycles. The number of piperidine rings is 1. The number of halogens is 2. The lowest BCUT2D eigenvalue weighted by atomic mass is 10.1. The minimum Gasteiger partial charge on any atom is -0.370 e. The zero-order chi connectivity index (χ0) is 11.8. The Hall–Kier alpha value is -0.0700. The molecule has 1 amide bonds. The molecule has 1 fully saturated rings. The van der Waals surface area contributed by atoms with Gasteiger partial charge in [0.25, 0.3) is 0 Å². The first kappa shape index (κ1) is 20.3. The summed E-state index contributed by atoms with van der Waals surface area (Å²) in [7, 11) is 1.50. The van der Waals surface area contributed by atoms with Crippen LogP contribution in [0.4, 0.5) is 0 Å². The third-order valence-corrected chi connectivity index (χ3v) is 2.97. The van der Waals surface area contributed by atoms with Gasteiger partial charge in [-0.05, 0) is 25.9 Å². The van der Waals surface area contributed by atoms with Crippen LogP contribution in [0.3, 0.4) is 0 Å². The lowest BCUT2D eigenvalue weighted by molar-refractivity contribution is -0.130. The average Bonchev–Trinajstić information content (AvgIpc) is 2.32. The first-order valence-electron chi connectivity index (χ1n) is 6.01. The predicted octanol–water partition coefficient (Wildman–Crippen LogP) is 0.406. The molecule has 0 aromatic heterocycles. The zero-order valence-electron chi connectivity index (χ0n) is 10.9. The summed E-state index contributed by atoms with van der Waals surface area (Å²) in [5, 5.41) is 2.85. The highest BCUT2D eigenvalue weighted by Crippen LogP contribution is 2.07. The van der Waals surface area contributed by atoms with Crippen molar-refractivity contribution in [2.75, 3.05) is 39.8 Å². The Morgan fingerprint density at radius 1 is 1.33 bits per heavy atom. The van der Waals surface area contributed by atoms with Crippen molar-refractivity contribution >= 4 is 30.7 Å². The lowest BCUT2D eigenvalue weighted by Crippen LogP contribution is -2.44. The van der Waals surface area contributed by atoms with E-state index >= 15 is 0 Å². The van der Waals surface area contributed by atoms with Gasteiger partial charge in [-0.15, -0.1) is 24.8 Å². The third kappa shape index (κ3) is 7.38. The van der Waals surface area contributed by atoms with Gasteiger partial charge < -0.3 is 20.7 Å². The van der Waals surface area contributed by atoms with Gasteiger partial charge in [-0.25, -0.2) is 0 Å². The molecular weight excluding hydrogens is 277 g/mol. The summed E-state index contributed by atoms with van der Waals surface area (Å²) < 4.78 is 4.95. The van der Waals surface area contributed by atoms with Crippen LogP contribution in [-0.4, -0.2) is 56.7 Å². The molecule has 0 spiro atoms. The molecule has 0 radical (unpaired) electrons. The van der Waals surface area contributed by atoms with E-state index in [1.807, 2.05) is 0 Å². The number of hydrogen-bond donors (Lipinski definition) is 2. The van der Waals surface area contributed by atoms with Gasteiger partial charge in [0.2, 0.25) is 5.91 Å². The quantitative estimate of drug-likeness (QED) is 0.745. The van der Waals surface area contributed by atoms with Crippen molar-refractivity contribution in [2.24, 2.45) is 5.73 Å². The monoisotopic (exact) mass is 301 g/mol. The lowest BCUT2D eigenvalue weighted by Gasteiger charge is -2.26. The normalized spacial score (nSPS) is 17.2. The molecule has 1 heterocycles. The van der Waals surface area contributed by atoms with Crippen LogP contribution >= 0.6 is 24.8 Å². The summed E-state index contributed by atoms with van der Waals surface area (Å²) in [4.78, 5) is 13.9. The number of nitrogens with zero attached hydrogens (tertiary/aromatic N) is 1. The number of hydrogen-bond acceptors (Lipinski definition) is 4. The number of nitrogens with one attached hydrogen (secondary N) is 1. The van der Waals surface area contributed by atoms with Gasteiger partial charge in [0.15, 0.2) is 0 Å². The maximum Gasteiger partial charge on any atom is 0.250 e. The fourth-order valence-corrected chi connectivity index (χ4v) is 1.94. The van der Waals surface area contributed by atoms with E-state index in [0.29, 0.717) is 6.54 Å². The molecule has 0 saturated carbocycles. The van der Waals surface area contributed by atoms with Gasteiger partial charge in [0.05, 0.1) is 0 Å². The van der Waals surface area contributed by atoms with Gasteiger partial charge in [-0.1, -0.05) is 6.42 Å². The Morgan fingerprint density at radius 3 is 2.44 bits per heavy atom. The van der Waals surface area contributed by atoms with Crippen LogP contribution in [0.2, 0.25) is 0 Å². The Balaban J connectivity index is 0. The Morgan fingerprint density at radius 2 is 1.94 bits per heavy atom. The zero-order valence-corrected chi connectivity index (χ0v) is 12.5. The van der Waals surface area contributed by atoms with E-state index in [-0.39, 0.29) is 37.3 Å². The molecule has 1 atom stereocenters. The summed E-state index contributed by atoms with van der Waals surface area (Å²) in [5.41, 5.74) is 5.40. The van der Waals surface area contributed by atoms with Crippen molar-refractivity contribution in [1.82, 2.24) is 10.2 Å². The fourth-order valence-electron chi connectivity index (χ4n) is 1.94. The van der Waals surface area contributed by atoms with E-state index in [0.717, 1.165) is 19.6 Å². The number of methoxy groups -OCH3 is 1. The van der Waals surface area contributed by atoms with E-state index in [4.69, 9.17) is 10.5 Å². The van der Waals surface area contributed by atoms with Gasteiger partial charge in [-0.2, -0.15) is 0 Å². The number of ether oxygens (including phenoxy) is 1. The van der Waals surface area contributed by atoms with Crippen LogP contribution in [0.25, 0.3) is 0 Å². The topological polar surface area (TPSA) is 67.6 Å². The number of likely N-dealkylation sites (tertiary alicyclic amines) is 1. The Kier molecular flexibility index (Phi) is 13.5. The highest BCUT2D eigenvalue weighted by molar-refractivity contribution is 5.85. The molecule has 3 N–H and O–H groups in total. The van der Waals surface area contributed by atoms with E-state index < -0.39 is 6.10 Å². The number of amides is 1. The largest absolute Gasteiger partial charge is 0.370 e. The van der Waals surface area contributed by atoms with Gasteiger partial charge >= 0.3 is 0 Å². The SMILES string of the molecule is COC(CN)C(=O)NCCN1CCCCC1.Cl.Cl. The van der Waals surface area contributed by atoms with Crippen LogP contribution in [-0.2, 0) is 9.53 Å². The maximum absolute atomic E-state index is 11.5. The minimum atomic E-state index is -0.513. The van der Waals surface area contributed by atoms with Crippen LogP contribution < -0.4 is 11.1 Å². The summed E-state index contributed by atoms with van der Waals surface area (Å²) in [6.07, 6.45) is 3.37. The van der Waals surface area contributed by atoms with E-state index in [1.165, 1.54) is 26.4 Å². The van der Waals surface area contributed by atoms with Crippen molar-refractivity contribution in [3.8, 4) is 0 Å². The molecule has 1 aliphatic heterocycles. The van der Waals surface area contributed by atoms with E-state index in [9.17, 15) is 4.79 Å². The number of rotatable bonds is 6. The summed E-state index contributed by atoms with van der Waals surface area (Å²) >= 11 is 0. The molecule has 0 aromatic rings. The van der Waals surface area contributed by atoms with Crippen molar-refractivity contribution in [3.05, 3.63) is 0 Å². The smallest absolute Gasteiger partial charge is 0.250 e. The van der Waals surface area contributed by atoms with Crippen molar-refractivity contribution in [2.45, 2.75) is 25.4 Å². The summed E-state index contributed by atoms with van der Waals surface area (Å²) in [6.45, 7) is 4.14. The second kappa shape index (κ2) is 12.0. The van der Waals surface area contributed by atoms with Crippen LogP contribution in [0.15, 0.2) is 0 Å². The molecule has 110 valence electrons. The molecule has 0 aliphatic carbocycles. The molecule has 1 aliphatic rings. The van der Waals surface area contributed by atoms with Gasteiger partial charge in [0.1, 0.15) is 6.10 Å². The highest BCUT2D eigenvalue weighted by Gasteiger charge is 2.15. The van der Waals surface area contributed by atoms with Crippen molar-refractivity contribution in [1.29, 1.82) is 0 Å². The van der Waals surface area contributed by atoms with Gasteiger partial charge in [0, 0.05) is 26.7 Å². The predicted molar refractivity (Wildman–Crippen MR) is 77.6 cm³/mol. The molecule has 7 heteroatoms. The summed E-state index contributed by atoms with van der Waals surface area (Å²) in [5.74, 6) is -0.109. The fraction of sp³-hybridized carbons (Fsp3) is 0.909. The number of nitrogens with two attached hydrogens (primary N) is 1. The van der Waals surface area contributed by atoms with E-state index in [1.54, 1.807) is 0 Å². The van der Waals surface area contributed by atoms with Crippen LogP contribution in [0, 0.1) is 0 Å². The van der Waals surface area contributed by atoms with Crippen molar-refractivity contribution < 1.29 is 9.53 Å². The third-order valence-electron chi connectivity index (χ3n) is 2.97. The Labute approximate surface area is 122 Å². The average molecular weight is 302 g/mol. The highest BCUT2D eigenvalue weighted by atomic mass is 35.5. The maximum atomic E-state index is 11.5. The van der Waals surface area contributed by atoms with Crippen molar-refractivity contribution in [3.63, 3.8) is 0 Å². The minimum absolute atomic E-state index is 0.